The van der Waals surface area contributed by atoms with Gasteiger partial charge in [-0.25, -0.2) is 4.79 Å². The third kappa shape index (κ3) is 2.23. The topological polar surface area (TPSA) is 95.6 Å². The number of anilines is 1. The van der Waals surface area contributed by atoms with Crippen molar-refractivity contribution in [3.63, 3.8) is 0 Å². The largest absolute Gasteiger partial charge is 0.465 e. The SMILES string of the molecule is CC(C)(CO)c1cc(NC(=O)O)no1. The molecule has 0 unspecified atom stereocenters. The van der Waals surface area contributed by atoms with E-state index in [-0.39, 0.29) is 12.4 Å². The smallest absolute Gasteiger partial charge is 0.410 e. The van der Waals surface area contributed by atoms with Crippen LogP contribution in [0.5, 0.6) is 0 Å². The summed E-state index contributed by atoms with van der Waals surface area (Å²) in [5.41, 5.74) is -0.564. The molecule has 1 rings (SSSR count). The highest BCUT2D eigenvalue weighted by Crippen LogP contribution is 2.24. The molecule has 78 valence electrons. The maximum Gasteiger partial charge on any atom is 0.410 e. The van der Waals surface area contributed by atoms with Crippen molar-refractivity contribution in [2.75, 3.05) is 11.9 Å². The zero-order valence-corrected chi connectivity index (χ0v) is 7.94. The normalized spacial score (nSPS) is 11.4. The summed E-state index contributed by atoms with van der Waals surface area (Å²) in [6.07, 6.45) is -1.20. The Morgan fingerprint density at radius 1 is 1.71 bits per heavy atom. The van der Waals surface area contributed by atoms with E-state index in [0.29, 0.717) is 5.76 Å². The van der Waals surface area contributed by atoms with Crippen LogP contribution >= 0.6 is 0 Å². The minimum atomic E-state index is -1.20. The molecule has 14 heavy (non-hydrogen) atoms. The molecule has 0 aliphatic rings. The second kappa shape index (κ2) is 3.67. The average molecular weight is 200 g/mol. The first-order chi connectivity index (χ1) is 6.45. The number of hydrogen-bond donors (Lipinski definition) is 3. The Balaban J connectivity index is 2.82. The second-order valence-electron chi connectivity index (χ2n) is 3.55. The zero-order valence-electron chi connectivity index (χ0n) is 7.94. The third-order valence-corrected chi connectivity index (χ3v) is 1.81. The van der Waals surface area contributed by atoms with Gasteiger partial charge in [-0.1, -0.05) is 19.0 Å². The minimum absolute atomic E-state index is 0.102. The van der Waals surface area contributed by atoms with E-state index in [1.807, 2.05) is 0 Å². The van der Waals surface area contributed by atoms with Crippen LogP contribution in [0.4, 0.5) is 10.6 Å². The summed E-state index contributed by atoms with van der Waals surface area (Å²) in [6, 6.07) is 1.45. The standard InChI is InChI=1S/C8H12N2O4/c1-8(2,4-11)5-3-6(10-14-5)9-7(12)13/h3,11H,4H2,1-2H3,(H,9,10)(H,12,13). The molecular formula is C8H12N2O4. The van der Waals surface area contributed by atoms with Crippen LogP contribution in [-0.2, 0) is 5.41 Å². The number of hydrogen-bond acceptors (Lipinski definition) is 4. The third-order valence-electron chi connectivity index (χ3n) is 1.81. The summed E-state index contributed by atoms with van der Waals surface area (Å²) >= 11 is 0. The Bertz CT molecular complexity index is 332. The van der Waals surface area contributed by atoms with E-state index in [9.17, 15) is 4.79 Å². The first-order valence-electron chi connectivity index (χ1n) is 4.04. The summed E-state index contributed by atoms with van der Waals surface area (Å²) in [4.78, 5) is 10.3. The van der Waals surface area contributed by atoms with Gasteiger partial charge in [-0.05, 0) is 0 Å². The lowest BCUT2D eigenvalue weighted by Gasteiger charge is -2.16. The first kappa shape index (κ1) is 10.5. The first-order valence-corrected chi connectivity index (χ1v) is 4.04. The molecule has 0 fully saturated rings. The van der Waals surface area contributed by atoms with Gasteiger partial charge < -0.3 is 14.7 Å². The molecule has 0 bridgehead atoms. The monoisotopic (exact) mass is 200 g/mol. The molecule has 3 N–H and O–H groups in total. The molecule has 1 aromatic heterocycles. The zero-order chi connectivity index (χ0) is 10.8. The second-order valence-corrected chi connectivity index (χ2v) is 3.55. The van der Waals surface area contributed by atoms with Crippen molar-refractivity contribution in [1.29, 1.82) is 0 Å². The Hall–Kier alpha value is -1.56. The lowest BCUT2D eigenvalue weighted by molar-refractivity contribution is 0.187. The fourth-order valence-corrected chi connectivity index (χ4v) is 0.841. The summed E-state index contributed by atoms with van der Waals surface area (Å²) in [7, 11) is 0. The van der Waals surface area contributed by atoms with E-state index in [4.69, 9.17) is 14.7 Å². The van der Waals surface area contributed by atoms with E-state index in [2.05, 4.69) is 10.5 Å². The highest BCUT2D eigenvalue weighted by molar-refractivity contribution is 5.81. The summed E-state index contributed by atoms with van der Waals surface area (Å²) < 4.78 is 4.89. The van der Waals surface area contributed by atoms with Crippen molar-refractivity contribution in [2.45, 2.75) is 19.3 Å². The Morgan fingerprint density at radius 3 is 2.86 bits per heavy atom. The Morgan fingerprint density at radius 2 is 2.36 bits per heavy atom. The van der Waals surface area contributed by atoms with E-state index in [1.54, 1.807) is 13.8 Å². The van der Waals surface area contributed by atoms with Gasteiger partial charge in [0, 0.05) is 11.5 Å². The summed E-state index contributed by atoms with van der Waals surface area (Å²) in [5.74, 6) is 0.553. The van der Waals surface area contributed by atoms with Gasteiger partial charge in [0.25, 0.3) is 0 Å². The molecule has 1 amide bonds. The predicted molar refractivity (Wildman–Crippen MR) is 48.3 cm³/mol. The van der Waals surface area contributed by atoms with Crippen LogP contribution in [0.1, 0.15) is 19.6 Å². The number of nitrogens with one attached hydrogen (secondary N) is 1. The number of carbonyl (C=O) groups is 1. The Labute approximate surface area is 80.5 Å². The number of aromatic nitrogens is 1. The number of amides is 1. The number of rotatable bonds is 3. The van der Waals surface area contributed by atoms with Gasteiger partial charge in [0.1, 0.15) is 5.76 Å². The lowest BCUT2D eigenvalue weighted by Crippen LogP contribution is -2.21. The average Bonchev–Trinajstić information content (AvgIpc) is 2.52. The van der Waals surface area contributed by atoms with Crippen LogP contribution in [0, 0.1) is 0 Å². The molecule has 0 saturated heterocycles. The summed E-state index contributed by atoms with van der Waals surface area (Å²) in [5, 5.41) is 23.0. The number of carboxylic acid groups (broad SMARTS) is 1. The van der Waals surface area contributed by atoms with Crippen LogP contribution in [0.2, 0.25) is 0 Å². The van der Waals surface area contributed by atoms with Crippen LogP contribution in [-0.4, -0.2) is 28.1 Å². The number of aliphatic hydroxyl groups excluding tert-OH is 1. The molecule has 1 heterocycles. The highest BCUT2D eigenvalue weighted by Gasteiger charge is 2.25. The fourth-order valence-electron chi connectivity index (χ4n) is 0.841. The van der Waals surface area contributed by atoms with Gasteiger partial charge in [0.2, 0.25) is 0 Å². The van der Waals surface area contributed by atoms with Crippen LogP contribution in [0.3, 0.4) is 0 Å². The maximum absolute atomic E-state index is 10.3. The molecular weight excluding hydrogens is 188 g/mol. The van der Waals surface area contributed by atoms with Crippen molar-refractivity contribution in [3.8, 4) is 0 Å². The highest BCUT2D eigenvalue weighted by atomic mass is 16.5. The van der Waals surface area contributed by atoms with E-state index < -0.39 is 11.5 Å². The molecule has 0 aromatic carbocycles. The van der Waals surface area contributed by atoms with E-state index in [1.165, 1.54) is 6.07 Å². The van der Waals surface area contributed by atoms with Crippen molar-refractivity contribution < 1.29 is 19.5 Å². The van der Waals surface area contributed by atoms with E-state index in [0.717, 1.165) is 0 Å². The molecule has 0 atom stereocenters. The molecule has 1 aromatic rings. The fraction of sp³-hybridized carbons (Fsp3) is 0.500. The molecule has 6 nitrogen and oxygen atoms in total. The van der Waals surface area contributed by atoms with Gasteiger partial charge >= 0.3 is 6.09 Å². The maximum atomic E-state index is 10.3. The van der Waals surface area contributed by atoms with Crippen molar-refractivity contribution in [3.05, 3.63) is 11.8 Å². The molecule has 6 heteroatoms. The molecule has 0 radical (unpaired) electrons. The molecule has 0 aliphatic heterocycles. The van der Waals surface area contributed by atoms with E-state index >= 15 is 0 Å². The lowest BCUT2D eigenvalue weighted by atomic mass is 9.92. The van der Waals surface area contributed by atoms with Gasteiger partial charge in [-0.2, -0.15) is 0 Å². The summed E-state index contributed by atoms with van der Waals surface area (Å²) in [6.45, 7) is 3.42. The van der Waals surface area contributed by atoms with Crippen LogP contribution in [0.15, 0.2) is 10.6 Å². The van der Waals surface area contributed by atoms with Crippen molar-refractivity contribution in [2.24, 2.45) is 0 Å². The number of aliphatic hydroxyl groups is 1. The molecule has 0 saturated carbocycles. The van der Waals surface area contributed by atoms with Gasteiger partial charge in [-0.15, -0.1) is 0 Å². The van der Waals surface area contributed by atoms with Crippen LogP contribution < -0.4 is 5.32 Å². The minimum Gasteiger partial charge on any atom is -0.465 e. The quantitative estimate of drug-likeness (QED) is 0.677. The van der Waals surface area contributed by atoms with Gasteiger partial charge in [0.15, 0.2) is 5.82 Å². The number of nitrogens with zero attached hydrogens (tertiary/aromatic N) is 1. The van der Waals surface area contributed by atoms with Crippen LogP contribution in [0.25, 0.3) is 0 Å². The van der Waals surface area contributed by atoms with Crippen molar-refractivity contribution in [1.82, 2.24) is 5.16 Å². The molecule has 0 spiro atoms. The Kier molecular flexibility index (Phi) is 2.76. The van der Waals surface area contributed by atoms with Gasteiger partial charge in [0.05, 0.1) is 6.61 Å². The molecule has 0 aliphatic carbocycles. The predicted octanol–water partition coefficient (Wildman–Crippen LogP) is 1.03. The van der Waals surface area contributed by atoms with Gasteiger partial charge in [-0.3, -0.25) is 5.32 Å². The van der Waals surface area contributed by atoms with Crippen molar-refractivity contribution >= 4 is 11.9 Å².